The Kier molecular flexibility index (Phi) is 6.74. The lowest BCUT2D eigenvalue weighted by Crippen LogP contribution is -2.62. The number of likely N-dealkylation sites (tertiary alicyclic amines) is 1. The van der Waals surface area contributed by atoms with E-state index in [2.05, 4.69) is 16.3 Å². The molecule has 1 aliphatic rings. The molecule has 2 N–H and O–H groups in total. The first-order chi connectivity index (χ1) is 13.6. The predicted octanol–water partition coefficient (Wildman–Crippen LogP) is 5.02. The molecule has 3 atom stereocenters. The zero-order chi connectivity index (χ0) is 21.2. The van der Waals surface area contributed by atoms with Gasteiger partial charge in [-0.3, -0.25) is 9.69 Å². The van der Waals surface area contributed by atoms with E-state index in [1.807, 2.05) is 63.4 Å². The van der Waals surface area contributed by atoms with Crippen molar-refractivity contribution >= 4 is 28.8 Å². The third-order valence-corrected chi connectivity index (χ3v) is 6.77. The van der Waals surface area contributed by atoms with E-state index in [4.69, 9.17) is 11.6 Å². The highest BCUT2D eigenvalue weighted by Gasteiger charge is 2.46. The molecule has 0 aliphatic carbocycles. The molecule has 2 heterocycles. The molecule has 29 heavy (non-hydrogen) atoms. The number of hydrogen-bond donors (Lipinski definition) is 2. The number of piperidine rings is 1. The molecular weight excluding hydrogens is 404 g/mol. The van der Waals surface area contributed by atoms with Gasteiger partial charge in [-0.25, -0.2) is 0 Å². The number of carbonyl (C=O) groups is 1. The van der Waals surface area contributed by atoms with Gasteiger partial charge in [0.05, 0.1) is 17.7 Å². The maximum atomic E-state index is 12.8. The quantitative estimate of drug-likeness (QED) is 0.694. The van der Waals surface area contributed by atoms with E-state index in [1.54, 1.807) is 11.3 Å². The molecule has 1 aromatic carbocycles. The van der Waals surface area contributed by atoms with Gasteiger partial charge >= 0.3 is 0 Å². The summed E-state index contributed by atoms with van der Waals surface area (Å²) in [4.78, 5) is 16.3. The van der Waals surface area contributed by atoms with Gasteiger partial charge in [0.1, 0.15) is 0 Å². The monoisotopic (exact) mass is 434 g/mol. The average Bonchev–Trinajstić information content (AvgIpc) is 3.12. The normalized spacial score (nSPS) is 25.7. The van der Waals surface area contributed by atoms with E-state index in [-0.39, 0.29) is 17.4 Å². The first-order valence-corrected chi connectivity index (χ1v) is 11.4. The van der Waals surface area contributed by atoms with Crippen LogP contribution in [0.25, 0.3) is 0 Å². The molecule has 0 saturated carbocycles. The number of nitrogens with zero attached hydrogens (tertiary/aromatic N) is 1. The minimum Gasteiger partial charge on any atom is -0.388 e. The van der Waals surface area contributed by atoms with Gasteiger partial charge in [0, 0.05) is 29.4 Å². The SMILES string of the molecule is CC(C)(C)CC(=O)N[C@H]1[C@H](c2cccs2)N(Cc2ccccc2Cl)CC[C@@]1(C)O. The van der Waals surface area contributed by atoms with Crippen LogP contribution in [0.4, 0.5) is 0 Å². The summed E-state index contributed by atoms with van der Waals surface area (Å²) in [5.41, 5.74) is -0.0449. The van der Waals surface area contributed by atoms with Crippen molar-refractivity contribution in [1.29, 1.82) is 0 Å². The van der Waals surface area contributed by atoms with Crippen LogP contribution >= 0.6 is 22.9 Å². The van der Waals surface area contributed by atoms with Gasteiger partial charge in [-0.05, 0) is 41.8 Å². The van der Waals surface area contributed by atoms with Crippen LogP contribution in [-0.4, -0.2) is 34.1 Å². The predicted molar refractivity (Wildman–Crippen MR) is 120 cm³/mol. The summed E-state index contributed by atoms with van der Waals surface area (Å²) in [6.45, 7) is 9.38. The van der Waals surface area contributed by atoms with Crippen LogP contribution in [0.3, 0.4) is 0 Å². The summed E-state index contributed by atoms with van der Waals surface area (Å²) < 4.78 is 0. The van der Waals surface area contributed by atoms with Crippen LogP contribution in [0.5, 0.6) is 0 Å². The van der Waals surface area contributed by atoms with Crippen LogP contribution in [0.2, 0.25) is 5.02 Å². The van der Waals surface area contributed by atoms with Crippen LogP contribution in [0, 0.1) is 5.41 Å². The Bertz CT molecular complexity index is 830. The van der Waals surface area contributed by atoms with Crippen molar-refractivity contribution in [1.82, 2.24) is 10.2 Å². The summed E-state index contributed by atoms with van der Waals surface area (Å²) in [5.74, 6) is -0.0241. The molecule has 1 amide bonds. The van der Waals surface area contributed by atoms with Crippen molar-refractivity contribution in [2.45, 2.75) is 64.8 Å². The number of halogens is 1. The third kappa shape index (κ3) is 5.60. The van der Waals surface area contributed by atoms with Crippen molar-refractivity contribution in [2.75, 3.05) is 6.54 Å². The zero-order valence-corrected chi connectivity index (χ0v) is 19.2. The molecule has 1 aliphatic heterocycles. The minimum atomic E-state index is -0.987. The lowest BCUT2D eigenvalue weighted by atomic mass is 9.81. The second kappa shape index (κ2) is 8.76. The summed E-state index contributed by atoms with van der Waals surface area (Å²) in [6, 6.07) is 11.5. The summed E-state index contributed by atoms with van der Waals surface area (Å²) in [7, 11) is 0. The summed E-state index contributed by atoms with van der Waals surface area (Å²) in [6.07, 6.45) is 1.00. The average molecular weight is 435 g/mol. The van der Waals surface area contributed by atoms with Crippen molar-refractivity contribution in [3.63, 3.8) is 0 Å². The molecule has 0 unspecified atom stereocenters. The molecule has 0 radical (unpaired) electrons. The molecule has 6 heteroatoms. The lowest BCUT2D eigenvalue weighted by Gasteiger charge is -2.49. The number of benzene rings is 1. The van der Waals surface area contributed by atoms with Crippen LogP contribution in [0.15, 0.2) is 41.8 Å². The molecule has 1 fully saturated rings. The van der Waals surface area contributed by atoms with Crippen LogP contribution < -0.4 is 5.32 Å². The first kappa shape index (κ1) is 22.3. The second-order valence-electron chi connectivity index (χ2n) is 9.41. The molecule has 158 valence electrons. The fraction of sp³-hybridized carbons (Fsp3) is 0.522. The van der Waals surface area contributed by atoms with E-state index >= 15 is 0 Å². The van der Waals surface area contributed by atoms with Gasteiger partial charge in [0.25, 0.3) is 0 Å². The van der Waals surface area contributed by atoms with Crippen molar-refractivity contribution in [3.8, 4) is 0 Å². The highest BCUT2D eigenvalue weighted by molar-refractivity contribution is 7.10. The number of nitrogens with one attached hydrogen (secondary N) is 1. The largest absolute Gasteiger partial charge is 0.388 e. The van der Waals surface area contributed by atoms with Crippen molar-refractivity contribution < 1.29 is 9.90 Å². The topological polar surface area (TPSA) is 52.6 Å². The van der Waals surface area contributed by atoms with Crippen LogP contribution in [0.1, 0.15) is 57.0 Å². The number of amides is 1. The molecular formula is C23H31ClN2O2S. The molecule has 4 nitrogen and oxygen atoms in total. The molecule has 2 aromatic rings. The Labute approximate surface area is 182 Å². The molecule has 1 aromatic heterocycles. The fourth-order valence-corrected chi connectivity index (χ4v) is 5.07. The number of rotatable bonds is 5. The van der Waals surface area contributed by atoms with Crippen molar-refractivity contribution in [3.05, 3.63) is 57.2 Å². The number of carbonyl (C=O) groups excluding carboxylic acids is 1. The highest BCUT2D eigenvalue weighted by Crippen LogP contribution is 2.40. The van der Waals surface area contributed by atoms with E-state index in [0.29, 0.717) is 19.4 Å². The number of aliphatic hydroxyl groups is 1. The van der Waals surface area contributed by atoms with Gasteiger partial charge in [0.15, 0.2) is 0 Å². The molecule has 1 saturated heterocycles. The first-order valence-electron chi connectivity index (χ1n) is 10.1. The molecule has 0 spiro atoms. The highest BCUT2D eigenvalue weighted by atomic mass is 35.5. The Morgan fingerprint density at radius 1 is 1.31 bits per heavy atom. The van der Waals surface area contributed by atoms with Gasteiger partial charge in [0.2, 0.25) is 5.91 Å². The maximum Gasteiger partial charge on any atom is 0.220 e. The zero-order valence-electron chi connectivity index (χ0n) is 17.6. The third-order valence-electron chi connectivity index (χ3n) is 5.46. The molecule has 0 bridgehead atoms. The fourth-order valence-electron chi connectivity index (χ4n) is 3.98. The summed E-state index contributed by atoms with van der Waals surface area (Å²) in [5, 5.41) is 17.2. The Morgan fingerprint density at radius 2 is 2.03 bits per heavy atom. The van der Waals surface area contributed by atoms with Crippen molar-refractivity contribution in [2.24, 2.45) is 5.41 Å². The number of hydrogen-bond acceptors (Lipinski definition) is 4. The Morgan fingerprint density at radius 3 is 2.66 bits per heavy atom. The second-order valence-corrected chi connectivity index (χ2v) is 10.8. The van der Waals surface area contributed by atoms with Gasteiger partial charge in [-0.15, -0.1) is 11.3 Å². The summed E-state index contributed by atoms with van der Waals surface area (Å²) >= 11 is 8.08. The van der Waals surface area contributed by atoms with E-state index in [1.165, 1.54) is 0 Å². The lowest BCUT2D eigenvalue weighted by molar-refractivity contribution is -0.130. The minimum absolute atomic E-state index is 0.0241. The van der Waals surface area contributed by atoms with Gasteiger partial charge in [-0.1, -0.05) is 56.6 Å². The van der Waals surface area contributed by atoms with Gasteiger partial charge < -0.3 is 10.4 Å². The standard InChI is InChI=1S/C23H31ClN2O2S/c1-22(2,3)14-19(27)25-21-20(18-10-7-13-29-18)26(12-11-23(21,4)28)15-16-8-5-6-9-17(16)24/h5-10,13,20-21,28H,11-12,14-15H2,1-4H3,(H,25,27)/t20-,21-,23+/m0/s1. The van der Waals surface area contributed by atoms with E-state index < -0.39 is 11.6 Å². The van der Waals surface area contributed by atoms with E-state index in [0.717, 1.165) is 22.0 Å². The number of thiophene rings is 1. The van der Waals surface area contributed by atoms with Gasteiger partial charge in [-0.2, -0.15) is 0 Å². The molecule has 3 rings (SSSR count). The van der Waals surface area contributed by atoms with E-state index in [9.17, 15) is 9.90 Å². The van der Waals surface area contributed by atoms with Crippen LogP contribution in [-0.2, 0) is 11.3 Å². The Hall–Kier alpha value is -1.40. The smallest absolute Gasteiger partial charge is 0.220 e. The Balaban J connectivity index is 1.92. The maximum absolute atomic E-state index is 12.8.